The van der Waals surface area contributed by atoms with Crippen LogP contribution in [-0.2, 0) is 6.54 Å². The summed E-state index contributed by atoms with van der Waals surface area (Å²) in [5, 5.41) is 0. The molecule has 0 saturated carbocycles. The van der Waals surface area contributed by atoms with E-state index in [0.29, 0.717) is 12.1 Å². The van der Waals surface area contributed by atoms with Crippen LogP contribution in [0.1, 0.15) is 29.9 Å². The van der Waals surface area contributed by atoms with Crippen molar-refractivity contribution < 1.29 is 9.18 Å². The molecule has 0 radical (unpaired) electrons. The summed E-state index contributed by atoms with van der Waals surface area (Å²) in [5.41, 5.74) is 1.12. The highest BCUT2D eigenvalue weighted by Crippen LogP contribution is 2.23. The van der Waals surface area contributed by atoms with Crippen molar-refractivity contribution in [1.29, 1.82) is 0 Å². The van der Waals surface area contributed by atoms with Crippen LogP contribution in [0.15, 0.2) is 47.1 Å². The van der Waals surface area contributed by atoms with Crippen molar-refractivity contribution in [3.05, 3.63) is 64.1 Å². The molecule has 1 amide bonds. The number of benzene rings is 1. The molecular weight excluding hydrogens is 335 g/mol. The van der Waals surface area contributed by atoms with E-state index in [2.05, 4.69) is 20.9 Å². The van der Waals surface area contributed by atoms with E-state index >= 15 is 0 Å². The van der Waals surface area contributed by atoms with Gasteiger partial charge in [-0.15, -0.1) is 0 Å². The average molecular weight is 351 g/mol. The van der Waals surface area contributed by atoms with Crippen molar-refractivity contribution in [2.45, 2.75) is 26.4 Å². The summed E-state index contributed by atoms with van der Waals surface area (Å²) in [6.45, 7) is 4.24. The van der Waals surface area contributed by atoms with Crippen LogP contribution in [0, 0.1) is 5.82 Å². The second-order valence-electron chi connectivity index (χ2n) is 4.95. The largest absolute Gasteiger partial charge is 0.330 e. The molecule has 1 aromatic heterocycles. The fraction of sp³-hybridized carbons (Fsp3) is 0.250. The Kier molecular flexibility index (Phi) is 5.07. The van der Waals surface area contributed by atoms with Gasteiger partial charge in [0.1, 0.15) is 5.82 Å². The zero-order valence-electron chi connectivity index (χ0n) is 11.9. The van der Waals surface area contributed by atoms with Crippen LogP contribution in [0.2, 0.25) is 0 Å². The monoisotopic (exact) mass is 350 g/mol. The maximum absolute atomic E-state index is 13.6. The summed E-state index contributed by atoms with van der Waals surface area (Å²) < 4.78 is 13.8. The van der Waals surface area contributed by atoms with Crippen LogP contribution < -0.4 is 0 Å². The molecule has 21 heavy (non-hydrogen) atoms. The van der Waals surface area contributed by atoms with Crippen molar-refractivity contribution in [3.63, 3.8) is 0 Å². The maximum atomic E-state index is 13.6. The van der Waals surface area contributed by atoms with E-state index in [1.54, 1.807) is 17.2 Å². The van der Waals surface area contributed by atoms with Gasteiger partial charge in [-0.05, 0) is 54.0 Å². The lowest BCUT2D eigenvalue weighted by molar-refractivity contribution is 0.0686. The molecule has 0 aliphatic rings. The first-order valence-electron chi connectivity index (χ1n) is 6.65. The number of hydrogen-bond acceptors (Lipinski definition) is 2. The van der Waals surface area contributed by atoms with Crippen molar-refractivity contribution in [3.8, 4) is 0 Å². The summed E-state index contributed by atoms with van der Waals surface area (Å²) in [7, 11) is 0. The highest BCUT2D eigenvalue weighted by atomic mass is 79.9. The molecule has 2 aromatic rings. The van der Waals surface area contributed by atoms with E-state index in [1.165, 1.54) is 12.1 Å². The van der Waals surface area contributed by atoms with Gasteiger partial charge in [-0.1, -0.05) is 12.1 Å². The van der Waals surface area contributed by atoms with Crippen LogP contribution in [0.25, 0.3) is 0 Å². The molecule has 0 aliphatic heterocycles. The SMILES string of the molecule is CC(C)N(Cc1ccccn1)C(=O)c1cccc(F)c1Br. The fourth-order valence-corrected chi connectivity index (χ4v) is 2.41. The normalized spacial score (nSPS) is 10.7. The van der Waals surface area contributed by atoms with Crippen molar-refractivity contribution in [2.24, 2.45) is 0 Å². The number of aromatic nitrogens is 1. The predicted molar refractivity (Wildman–Crippen MR) is 83.3 cm³/mol. The molecule has 0 spiro atoms. The Balaban J connectivity index is 2.30. The van der Waals surface area contributed by atoms with Gasteiger partial charge in [0.15, 0.2) is 0 Å². The van der Waals surface area contributed by atoms with Crippen LogP contribution in [0.3, 0.4) is 0 Å². The topological polar surface area (TPSA) is 33.2 Å². The molecule has 0 atom stereocenters. The molecule has 3 nitrogen and oxygen atoms in total. The second kappa shape index (κ2) is 6.80. The molecule has 110 valence electrons. The van der Waals surface area contributed by atoms with E-state index in [9.17, 15) is 9.18 Å². The minimum Gasteiger partial charge on any atom is -0.330 e. The number of nitrogens with zero attached hydrogens (tertiary/aromatic N) is 2. The van der Waals surface area contributed by atoms with E-state index in [4.69, 9.17) is 0 Å². The zero-order valence-corrected chi connectivity index (χ0v) is 13.5. The summed E-state index contributed by atoms with van der Waals surface area (Å²) >= 11 is 3.15. The Labute approximate surface area is 131 Å². The van der Waals surface area contributed by atoms with E-state index < -0.39 is 5.82 Å². The molecule has 0 unspecified atom stereocenters. The zero-order chi connectivity index (χ0) is 15.4. The molecule has 2 rings (SSSR count). The minimum absolute atomic E-state index is 0.0188. The molecular formula is C16H16BrFN2O. The number of rotatable bonds is 4. The van der Waals surface area contributed by atoms with Gasteiger partial charge in [0.2, 0.25) is 0 Å². The van der Waals surface area contributed by atoms with Gasteiger partial charge in [-0.25, -0.2) is 4.39 Å². The Morgan fingerprint density at radius 2 is 2.05 bits per heavy atom. The van der Waals surface area contributed by atoms with Crippen molar-refractivity contribution in [1.82, 2.24) is 9.88 Å². The Bertz CT molecular complexity index is 631. The average Bonchev–Trinajstić information content (AvgIpc) is 2.48. The molecule has 1 heterocycles. The highest BCUT2D eigenvalue weighted by Gasteiger charge is 2.22. The standard InChI is InChI=1S/C16H16BrFN2O/c1-11(2)20(10-12-6-3-4-9-19-12)16(21)13-7-5-8-14(18)15(13)17/h3-9,11H,10H2,1-2H3. The number of hydrogen-bond donors (Lipinski definition) is 0. The lowest BCUT2D eigenvalue weighted by Crippen LogP contribution is -2.36. The smallest absolute Gasteiger partial charge is 0.255 e. The number of amides is 1. The molecule has 0 fully saturated rings. The van der Waals surface area contributed by atoms with Gasteiger partial charge < -0.3 is 4.90 Å². The first kappa shape index (κ1) is 15.6. The number of carbonyl (C=O) groups excluding carboxylic acids is 1. The van der Waals surface area contributed by atoms with Crippen molar-refractivity contribution >= 4 is 21.8 Å². The van der Waals surface area contributed by atoms with Gasteiger partial charge in [0.25, 0.3) is 5.91 Å². The van der Waals surface area contributed by atoms with Gasteiger partial charge in [-0.3, -0.25) is 9.78 Å². The fourth-order valence-electron chi connectivity index (χ4n) is 1.98. The summed E-state index contributed by atoms with van der Waals surface area (Å²) in [6.07, 6.45) is 1.69. The Hall–Kier alpha value is -1.75. The number of halogens is 2. The molecule has 0 saturated heterocycles. The van der Waals surface area contributed by atoms with Gasteiger partial charge in [0.05, 0.1) is 22.3 Å². The minimum atomic E-state index is -0.442. The number of pyridine rings is 1. The van der Waals surface area contributed by atoms with Gasteiger partial charge >= 0.3 is 0 Å². The van der Waals surface area contributed by atoms with Crippen LogP contribution in [-0.4, -0.2) is 21.8 Å². The Morgan fingerprint density at radius 1 is 1.29 bits per heavy atom. The summed E-state index contributed by atoms with van der Waals surface area (Å²) in [4.78, 5) is 18.6. The predicted octanol–water partition coefficient (Wildman–Crippen LogP) is 4.03. The third-order valence-corrected chi connectivity index (χ3v) is 3.93. The third kappa shape index (κ3) is 3.67. The first-order valence-corrected chi connectivity index (χ1v) is 7.45. The van der Waals surface area contributed by atoms with E-state index in [1.807, 2.05) is 32.0 Å². The highest BCUT2D eigenvalue weighted by molar-refractivity contribution is 9.10. The number of carbonyl (C=O) groups is 1. The Morgan fingerprint density at radius 3 is 2.67 bits per heavy atom. The van der Waals surface area contributed by atoms with Crippen LogP contribution in [0.5, 0.6) is 0 Å². The molecule has 5 heteroatoms. The summed E-state index contributed by atoms with van der Waals surface area (Å²) in [6, 6.07) is 10.0. The quantitative estimate of drug-likeness (QED) is 0.833. The van der Waals surface area contributed by atoms with E-state index in [0.717, 1.165) is 5.69 Å². The molecule has 0 N–H and O–H groups in total. The first-order chi connectivity index (χ1) is 10.0. The van der Waals surface area contributed by atoms with Gasteiger partial charge in [-0.2, -0.15) is 0 Å². The van der Waals surface area contributed by atoms with Crippen LogP contribution in [0.4, 0.5) is 4.39 Å². The molecule has 0 bridgehead atoms. The molecule has 0 aliphatic carbocycles. The lowest BCUT2D eigenvalue weighted by Gasteiger charge is -2.27. The maximum Gasteiger partial charge on any atom is 0.255 e. The second-order valence-corrected chi connectivity index (χ2v) is 5.74. The van der Waals surface area contributed by atoms with Gasteiger partial charge in [0, 0.05) is 12.2 Å². The van der Waals surface area contributed by atoms with Crippen molar-refractivity contribution in [2.75, 3.05) is 0 Å². The summed E-state index contributed by atoms with van der Waals surface area (Å²) in [5.74, 6) is -0.663. The van der Waals surface area contributed by atoms with Crippen LogP contribution >= 0.6 is 15.9 Å². The molecule has 1 aromatic carbocycles. The third-order valence-electron chi connectivity index (χ3n) is 3.12. The van der Waals surface area contributed by atoms with E-state index in [-0.39, 0.29) is 16.4 Å². The lowest BCUT2D eigenvalue weighted by atomic mass is 10.1.